The third-order valence-electron chi connectivity index (χ3n) is 4.34. The Kier molecular flexibility index (Phi) is 4.57. The second kappa shape index (κ2) is 6.38. The lowest BCUT2D eigenvalue weighted by atomic mass is 10.1. The van der Waals surface area contributed by atoms with Crippen LogP contribution in [0.1, 0.15) is 51.0 Å². The molecule has 0 saturated heterocycles. The molecule has 1 unspecified atom stereocenters. The Morgan fingerprint density at radius 1 is 1.37 bits per heavy atom. The molecule has 19 heavy (non-hydrogen) atoms. The van der Waals surface area contributed by atoms with Gasteiger partial charge in [0.2, 0.25) is 0 Å². The van der Waals surface area contributed by atoms with Crippen LogP contribution in [0, 0.1) is 0 Å². The average molecular weight is 278 g/mol. The Bertz CT molecular complexity index is 368. The highest BCUT2D eigenvalue weighted by Gasteiger charge is 2.32. The summed E-state index contributed by atoms with van der Waals surface area (Å²) in [5.74, 6) is 0. The third kappa shape index (κ3) is 4.30. The van der Waals surface area contributed by atoms with E-state index in [0.717, 1.165) is 24.7 Å². The van der Waals surface area contributed by atoms with Crippen LogP contribution in [0.4, 0.5) is 0 Å². The predicted molar refractivity (Wildman–Crippen MR) is 82.6 cm³/mol. The Labute approximate surface area is 121 Å². The minimum atomic E-state index is 0.730. The molecule has 0 radical (unpaired) electrons. The molecule has 1 atom stereocenters. The zero-order valence-corrected chi connectivity index (χ0v) is 12.8. The van der Waals surface area contributed by atoms with E-state index in [1.165, 1.54) is 50.6 Å². The van der Waals surface area contributed by atoms with Gasteiger partial charge in [-0.05, 0) is 74.4 Å². The van der Waals surface area contributed by atoms with Gasteiger partial charge in [-0.25, -0.2) is 0 Å². The van der Waals surface area contributed by atoms with E-state index in [-0.39, 0.29) is 0 Å². The molecule has 2 aliphatic rings. The van der Waals surface area contributed by atoms with Gasteiger partial charge in [-0.2, -0.15) is 11.3 Å². The molecule has 2 aliphatic carbocycles. The van der Waals surface area contributed by atoms with Crippen molar-refractivity contribution in [1.29, 1.82) is 0 Å². The average Bonchev–Trinajstić information content (AvgIpc) is 3.33. The number of hydrogen-bond acceptors (Lipinski definition) is 3. The van der Waals surface area contributed by atoms with E-state index in [1.54, 1.807) is 0 Å². The highest BCUT2D eigenvalue weighted by Crippen LogP contribution is 2.31. The lowest BCUT2D eigenvalue weighted by molar-refractivity contribution is 0.178. The van der Waals surface area contributed by atoms with Crippen molar-refractivity contribution in [2.75, 3.05) is 6.54 Å². The van der Waals surface area contributed by atoms with Crippen molar-refractivity contribution in [2.24, 2.45) is 0 Å². The van der Waals surface area contributed by atoms with Crippen molar-refractivity contribution in [1.82, 2.24) is 10.2 Å². The van der Waals surface area contributed by atoms with Gasteiger partial charge in [0.1, 0.15) is 0 Å². The predicted octanol–water partition coefficient (Wildman–Crippen LogP) is 3.63. The molecular formula is C16H26N2S. The Morgan fingerprint density at radius 2 is 2.21 bits per heavy atom. The zero-order valence-electron chi connectivity index (χ0n) is 12.0. The summed E-state index contributed by atoms with van der Waals surface area (Å²) in [5.41, 5.74) is 1.50. The molecule has 0 bridgehead atoms. The molecule has 1 aromatic heterocycles. The standard InChI is InChI=1S/C16H26N2S/c1-13(3-2-9-17-15-4-5-15)18(16-6-7-16)11-14-8-10-19-12-14/h8,10,12-13,15-17H,2-7,9,11H2,1H3. The van der Waals surface area contributed by atoms with Crippen LogP contribution in [0.3, 0.4) is 0 Å². The van der Waals surface area contributed by atoms with E-state index in [9.17, 15) is 0 Å². The van der Waals surface area contributed by atoms with Gasteiger partial charge < -0.3 is 5.32 Å². The smallest absolute Gasteiger partial charge is 0.0247 e. The van der Waals surface area contributed by atoms with Crippen molar-refractivity contribution in [3.8, 4) is 0 Å². The largest absolute Gasteiger partial charge is 0.314 e. The number of rotatable bonds is 9. The summed E-state index contributed by atoms with van der Waals surface area (Å²) in [7, 11) is 0. The van der Waals surface area contributed by atoms with Gasteiger partial charge in [0.25, 0.3) is 0 Å². The Balaban J connectivity index is 1.42. The van der Waals surface area contributed by atoms with Crippen LogP contribution in [0.5, 0.6) is 0 Å². The molecule has 3 heteroatoms. The number of nitrogens with one attached hydrogen (secondary N) is 1. The molecule has 106 valence electrons. The van der Waals surface area contributed by atoms with Gasteiger partial charge in [0, 0.05) is 24.7 Å². The number of hydrogen-bond donors (Lipinski definition) is 1. The quantitative estimate of drug-likeness (QED) is 0.694. The lowest BCUT2D eigenvalue weighted by Crippen LogP contribution is -2.35. The number of thiophene rings is 1. The summed E-state index contributed by atoms with van der Waals surface area (Å²) in [6.45, 7) is 4.79. The maximum atomic E-state index is 3.62. The van der Waals surface area contributed by atoms with Crippen molar-refractivity contribution in [3.05, 3.63) is 22.4 Å². The molecule has 3 rings (SSSR count). The summed E-state index contributed by atoms with van der Waals surface area (Å²) < 4.78 is 0. The molecule has 2 saturated carbocycles. The molecule has 1 aromatic rings. The Morgan fingerprint density at radius 3 is 2.84 bits per heavy atom. The van der Waals surface area contributed by atoms with Crippen LogP contribution >= 0.6 is 11.3 Å². The topological polar surface area (TPSA) is 15.3 Å². The minimum absolute atomic E-state index is 0.730. The van der Waals surface area contributed by atoms with Gasteiger partial charge in [-0.1, -0.05) is 0 Å². The van der Waals surface area contributed by atoms with Gasteiger partial charge in [0.05, 0.1) is 0 Å². The van der Waals surface area contributed by atoms with Crippen molar-refractivity contribution >= 4 is 11.3 Å². The maximum absolute atomic E-state index is 3.62. The summed E-state index contributed by atoms with van der Waals surface area (Å²) >= 11 is 1.82. The van der Waals surface area contributed by atoms with Crippen LogP contribution in [0.25, 0.3) is 0 Å². The van der Waals surface area contributed by atoms with Crippen molar-refractivity contribution in [3.63, 3.8) is 0 Å². The first-order chi connectivity index (χ1) is 9.33. The summed E-state index contributed by atoms with van der Waals surface area (Å²) in [4.78, 5) is 2.74. The first-order valence-electron chi connectivity index (χ1n) is 7.83. The summed E-state index contributed by atoms with van der Waals surface area (Å²) in [6, 6.07) is 4.74. The molecule has 0 aromatic carbocycles. The van der Waals surface area contributed by atoms with E-state index in [1.807, 2.05) is 11.3 Å². The highest BCUT2D eigenvalue weighted by atomic mass is 32.1. The second-order valence-electron chi connectivity index (χ2n) is 6.25. The molecule has 1 heterocycles. The van der Waals surface area contributed by atoms with E-state index in [4.69, 9.17) is 0 Å². The summed E-state index contributed by atoms with van der Waals surface area (Å²) in [5, 5.41) is 8.13. The van der Waals surface area contributed by atoms with Crippen LogP contribution < -0.4 is 5.32 Å². The van der Waals surface area contributed by atoms with E-state index < -0.39 is 0 Å². The first kappa shape index (κ1) is 13.6. The maximum Gasteiger partial charge on any atom is 0.0247 e. The fourth-order valence-electron chi connectivity index (χ4n) is 2.80. The van der Waals surface area contributed by atoms with Crippen LogP contribution in [0.15, 0.2) is 16.8 Å². The van der Waals surface area contributed by atoms with Crippen molar-refractivity contribution < 1.29 is 0 Å². The third-order valence-corrected chi connectivity index (χ3v) is 5.07. The molecule has 0 spiro atoms. The molecule has 2 nitrogen and oxygen atoms in total. The first-order valence-corrected chi connectivity index (χ1v) is 8.77. The lowest BCUT2D eigenvalue weighted by Gasteiger charge is -2.29. The zero-order chi connectivity index (χ0) is 13.1. The fraction of sp³-hybridized carbons (Fsp3) is 0.750. The molecular weight excluding hydrogens is 252 g/mol. The molecule has 0 amide bonds. The summed E-state index contributed by atoms with van der Waals surface area (Å²) in [6.07, 6.45) is 8.29. The minimum Gasteiger partial charge on any atom is -0.314 e. The van der Waals surface area contributed by atoms with Gasteiger partial charge in [-0.15, -0.1) is 0 Å². The molecule has 1 N–H and O–H groups in total. The van der Waals surface area contributed by atoms with E-state index >= 15 is 0 Å². The van der Waals surface area contributed by atoms with E-state index in [0.29, 0.717) is 0 Å². The molecule has 0 aliphatic heterocycles. The molecule has 2 fully saturated rings. The highest BCUT2D eigenvalue weighted by molar-refractivity contribution is 7.07. The van der Waals surface area contributed by atoms with Crippen LogP contribution in [-0.2, 0) is 6.54 Å². The monoisotopic (exact) mass is 278 g/mol. The van der Waals surface area contributed by atoms with Gasteiger partial charge in [0.15, 0.2) is 0 Å². The second-order valence-corrected chi connectivity index (χ2v) is 7.03. The normalized spacial score (nSPS) is 20.9. The van der Waals surface area contributed by atoms with Crippen LogP contribution in [0.2, 0.25) is 0 Å². The number of nitrogens with zero attached hydrogens (tertiary/aromatic N) is 1. The van der Waals surface area contributed by atoms with Gasteiger partial charge >= 0.3 is 0 Å². The van der Waals surface area contributed by atoms with Gasteiger partial charge in [-0.3, -0.25) is 4.90 Å². The van der Waals surface area contributed by atoms with E-state index in [2.05, 4.69) is 34.0 Å². The SMILES string of the molecule is CC(CCCNC1CC1)N(Cc1ccsc1)C1CC1. The van der Waals surface area contributed by atoms with Crippen molar-refractivity contribution in [2.45, 2.75) is 70.1 Å². The fourth-order valence-corrected chi connectivity index (χ4v) is 3.46. The van der Waals surface area contributed by atoms with Crippen LogP contribution in [-0.4, -0.2) is 29.6 Å². The Hall–Kier alpha value is -0.380.